The number of carbonyl (C=O) groups is 2. The van der Waals surface area contributed by atoms with Crippen molar-refractivity contribution in [2.45, 2.75) is 58.0 Å². The molecule has 23 heavy (non-hydrogen) atoms. The zero-order valence-electron chi connectivity index (χ0n) is 13.9. The van der Waals surface area contributed by atoms with Crippen LogP contribution >= 0.6 is 0 Å². The van der Waals surface area contributed by atoms with Crippen molar-refractivity contribution in [3.63, 3.8) is 0 Å². The molecule has 0 aliphatic rings. The Balaban J connectivity index is 0.00000484. The first-order valence-electron chi connectivity index (χ1n) is 7.78. The smallest absolute Gasteiger partial charge is 0.545 e. The third-order valence-electron chi connectivity index (χ3n) is 3.45. The van der Waals surface area contributed by atoms with Crippen LogP contribution in [0.1, 0.15) is 62.2 Å². The fourth-order valence-corrected chi connectivity index (χ4v) is 2.16. The number of aromatic carboxylic acids is 1. The largest absolute Gasteiger partial charge is 1.00 e. The van der Waals surface area contributed by atoms with Crippen molar-refractivity contribution < 1.29 is 48.6 Å². The van der Waals surface area contributed by atoms with Crippen molar-refractivity contribution in [3.05, 3.63) is 29.8 Å². The van der Waals surface area contributed by atoms with Gasteiger partial charge in [-0.1, -0.05) is 38.3 Å². The van der Waals surface area contributed by atoms with Crippen molar-refractivity contribution in [3.8, 4) is 0 Å². The molecular weight excluding hydrogens is 308 g/mol. The minimum Gasteiger partial charge on any atom is -0.545 e. The molecule has 4 nitrogen and oxygen atoms in total. The van der Waals surface area contributed by atoms with E-state index in [-0.39, 0.29) is 47.4 Å². The number of unbranched alkanes of at least 4 members (excludes halogenated alkanes) is 2. The Morgan fingerprint density at radius 1 is 1.13 bits per heavy atom. The summed E-state index contributed by atoms with van der Waals surface area (Å²) in [7, 11) is 0. The molecule has 0 spiro atoms. The molecule has 0 saturated carbocycles. The van der Waals surface area contributed by atoms with Crippen molar-refractivity contribution in [2.75, 3.05) is 5.32 Å². The fraction of sp³-hybridized carbons (Fsp3) is 0.529. The summed E-state index contributed by atoms with van der Waals surface area (Å²) in [6.07, 6.45) is 3.93. The number of hydrogen-bond donors (Lipinski definition) is 1. The molecule has 1 aromatic rings. The molecule has 0 saturated heterocycles. The Bertz CT molecular complexity index is 479. The molecule has 1 aromatic carbocycles. The summed E-state index contributed by atoms with van der Waals surface area (Å²) in [5, 5.41) is 13.3. The zero-order valence-corrected chi connectivity index (χ0v) is 15.9. The number of carboxylic acids is 1. The predicted octanol–water partition coefficient (Wildman–Crippen LogP) is 0.0813. The molecule has 122 valence electrons. The Kier molecular flexibility index (Phi) is 12.0. The first-order valence-corrected chi connectivity index (χ1v) is 7.78. The number of carboxylic acid groups (broad SMARTS) is 1. The van der Waals surface area contributed by atoms with Crippen molar-refractivity contribution >= 4 is 17.6 Å². The Morgan fingerprint density at radius 2 is 1.74 bits per heavy atom. The molecule has 0 aliphatic heterocycles. The van der Waals surface area contributed by atoms with Crippen LogP contribution in [0.25, 0.3) is 0 Å². The van der Waals surface area contributed by atoms with Gasteiger partial charge in [-0.2, -0.15) is 0 Å². The van der Waals surface area contributed by atoms with E-state index in [1.54, 1.807) is 0 Å². The number of alkyl halides is 1. The molecule has 1 N–H and O–H groups in total. The maximum absolute atomic E-state index is 13.5. The van der Waals surface area contributed by atoms with E-state index in [0.717, 1.165) is 19.3 Å². The van der Waals surface area contributed by atoms with Gasteiger partial charge in [0.05, 0.1) is 5.97 Å². The molecule has 0 radical (unpaired) electrons. The van der Waals surface area contributed by atoms with Crippen LogP contribution in [0.3, 0.4) is 0 Å². The summed E-state index contributed by atoms with van der Waals surface area (Å²) in [6, 6.07) is 5.75. The SMILES string of the molecule is CCCCCC(F)CCCC(=O)Nc1ccc(C(=O)[O-])cc1.[Na+]. The molecule has 1 atom stereocenters. The van der Waals surface area contributed by atoms with E-state index >= 15 is 0 Å². The molecule has 1 amide bonds. The average molecular weight is 331 g/mol. The van der Waals surface area contributed by atoms with Crippen LogP contribution in [0.2, 0.25) is 0 Å². The van der Waals surface area contributed by atoms with Gasteiger partial charge in [-0.15, -0.1) is 0 Å². The Labute approximate surface area is 159 Å². The topological polar surface area (TPSA) is 69.2 Å². The van der Waals surface area contributed by atoms with Gasteiger partial charge in [-0.3, -0.25) is 4.79 Å². The number of benzene rings is 1. The van der Waals surface area contributed by atoms with Gasteiger partial charge in [-0.25, -0.2) is 4.39 Å². The van der Waals surface area contributed by atoms with Gasteiger partial charge in [-0.05, 0) is 37.0 Å². The molecule has 0 heterocycles. The minimum atomic E-state index is -1.25. The minimum absolute atomic E-state index is 0. The van der Waals surface area contributed by atoms with Crippen molar-refractivity contribution in [1.82, 2.24) is 0 Å². The van der Waals surface area contributed by atoms with Gasteiger partial charge in [0.15, 0.2) is 0 Å². The van der Waals surface area contributed by atoms with Crippen LogP contribution in [-0.2, 0) is 4.79 Å². The van der Waals surface area contributed by atoms with Crippen LogP contribution in [-0.4, -0.2) is 18.0 Å². The van der Waals surface area contributed by atoms with Gasteiger partial charge in [0.25, 0.3) is 0 Å². The van der Waals surface area contributed by atoms with Crippen molar-refractivity contribution in [1.29, 1.82) is 0 Å². The third-order valence-corrected chi connectivity index (χ3v) is 3.45. The molecule has 0 bridgehead atoms. The van der Waals surface area contributed by atoms with Gasteiger partial charge < -0.3 is 15.2 Å². The number of carbonyl (C=O) groups excluding carboxylic acids is 2. The van der Waals surface area contributed by atoms with Crippen molar-refractivity contribution in [2.24, 2.45) is 0 Å². The maximum atomic E-state index is 13.5. The van der Waals surface area contributed by atoms with Crippen LogP contribution in [0.5, 0.6) is 0 Å². The molecule has 6 heteroatoms. The van der Waals surface area contributed by atoms with E-state index in [0.29, 0.717) is 24.9 Å². The van der Waals surface area contributed by atoms with E-state index < -0.39 is 12.1 Å². The van der Waals surface area contributed by atoms with Crippen LogP contribution in [0.4, 0.5) is 10.1 Å². The summed E-state index contributed by atoms with van der Waals surface area (Å²) in [6.45, 7) is 2.08. The van der Waals surface area contributed by atoms with Gasteiger partial charge in [0.2, 0.25) is 5.91 Å². The fourth-order valence-electron chi connectivity index (χ4n) is 2.16. The van der Waals surface area contributed by atoms with Gasteiger partial charge in [0.1, 0.15) is 6.17 Å². The summed E-state index contributed by atoms with van der Waals surface area (Å²) < 4.78 is 13.5. The predicted molar refractivity (Wildman–Crippen MR) is 82.3 cm³/mol. The number of rotatable bonds is 10. The van der Waals surface area contributed by atoms with Crippen LogP contribution in [0, 0.1) is 0 Å². The summed E-state index contributed by atoms with van der Waals surface area (Å²) in [5.74, 6) is -1.45. The number of nitrogens with one attached hydrogen (secondary N) is 1. The Hall–Kier alpha value is -0.910. The van der Waals surface area contributed by atoms with E-state index in [2.05, 4.69) is 12.2 Å². The summed E-state index contributed by atoms with van der Waals surface area (Å²) in [4.78, 5) is 22.3. The molecule has 0 aromatic heterocycles. The molecule has 0 fully saturated rings. The first-order chi connectivity index (χ1) is 10.5. The van der Waals surface area contributed by atoms with Gasteiger partial charge in [0, 0.05) is 12.1 Å². The van der Waals surface area contributed by atoms with E-state index in [9.17, 15) is 19.1 Å². The Morgan fingerprint density at radius 3 is 2.30 bits per heavy atom. The number of hydrogen-bond acceptors (Lipinski definition) is 3. The molecule has 1 rings (SSSR count). The van der Waals surface area contributed by atoms with Crippen LogP contribution in [0.15, 0.2) is 24.3 Å². The number of amides is 1. The maximum Gasteiger partial charge on any atom is 1.00 e. The monoisotopic (exact) mass is 331 g/mol. The third kappa shape index (κ3) is 9.74. The summed E-state index contributed by atoms with van der Waals surface area (Å²) in [5.41, 5.74) is 0.583. The second-order valence-electron chi connectivity index (χ2n) is 5.40. The second kappa shape index (κ2) is 12.5. The first kappa shape index (κ1) is 22.1. The van der Waals surface area contributed by atoms with Gasteiger partial charge >= 0.3 is 29.6 Å². The standard InChI is InChI=1S/C17H24FNO3.Na/c1-2-3-4-6-14(18)7-5-8-16(20)19-15-11-9-13(10-12-15)17(21)22;/h9-12,14H,2-8H2,1H3,(H,19,20)(H,21,22);/q;+1/p-1. The summed E-state index contributed by atoms with van der Waals surface area (Å²) >= 11 is 0. The van der Waals surface area contributed by atoms with Crippen LogP contribution < -0.4 is 40.0 Å². The van der Waals surface area contributed by atoms with E-state index in [1.807, 2.05) is 0 Å². The van der Waals surface area contributed by atoms with E-state index in [4.69, 9.17) is 0 Å². The van der Waals surface area contributed by atoms with E-state index in [1.165, 1.54) is 24.3 Å². The molecular formula is C17H23FNNaO3. The molecule has 1 unspecified atom stereocenters. The second-order valence-corrected chi connectivity index (χ2v) is 5.40. The quantitative estimate of drug-likeness (QED) is 0.488. The number of anilines is 1. The normalized spacial score (nSPS) is 11.4. The zero-order chi connectivity index (χ0) is 16.4. The average Bonchev–Trinajstić information content (AvgIpc) is 2.48. The molecule has 0 aliphatic carbocycles. The number of halogens is 1.